The minimum atomic E-state index is -2.95. The average molecular weight is 342 g/mol. The lowest BCUT2D eigenvalue weighted by molar-refractivity contribution is -0.0512. The van der Waals surface area contributed by atoms with Gasteiger partial charge in [0.15, 0.2) is 11.5 Å². The van der Waals surface area contributed by atoms with Crippen LogP contribution in [-0.2, 0) is 0 Å². The quantitative estimate of drug-likeness (QED) is 0.799. The Hall–Kier alpha value is -1.89. The van der Waals surface area contributed by atoms with Gasteiger partial charge in [-0.3, -0.25) is 4.79 Å². The Morgan fingerprint density at radius 2 is 2.00 bits per heavy atom. The zero-order valence-corrected chi connectivity index (χ0v) is 13.8. The fourth-order valence-corrected chi connectivity index (χ4v) is 3.16. The number of carbonyl (C=O) groups is 1. The second kappa shape index (κ2) is 8.82. The number of ether oxygens (including phenoxy) is 2. The van der Waals surface area contributed by atoms with E-state index in [0.717, 1.165) is 25.7 Å². The Bertz CT molecular complexity index is 549. The molecular weight excluding hydrogens is 318 g/mol. The minimum Gasteiger partial charge on any atom is -0.493 e. The van der Waals surface area contributed by atoms with E-state index in [4.69, 9.17) is 10.5 Å². The number of nitrogens with one attached hydrogen (secondary N) is 1. The van der Waals surface area contributed by atoms with E-state index in [1.165, 1.54) is 31.7 Å². The number of rotatable bonds is 7. The molecule has 1 saturated carbocycles. The first-order chi connectivity index (χ1) is 11.5. The Kier molecular flexibility index (Phi) is 6.78. The third-order valence-corrected chi connectivity index (χ3v) is 4.43. The van der Waals surface area contributed by atoms with Crippen molar-refractivity contribution in [2.75, 3.05) is 13.7 Å². The van der Waals surface area contributed by atoms with E-state index < -0.39 is 6.61 Å². The number of amides is 1. The fourth-order valence-electron chi connectivity index (χ4n) is 3.16. The highest BCUT2D eigenvalue weighted by atomic mass is 19.3. The van der Waals surface area contributed by atoms with E-state index in [0.29, 0.717) is 18.0 Å². The molecule has 0 spiro atoms. The second-order valence-electron chi connectivity index (χ2n) is 5.96. The number of alkyl halides is 2. The first kappa shape index (κ1) is 18.4. The minimum absolute atomic E-state index is 0.0826. The van der Waals surface area contributed by atoms with E-state index in [-0.39, 0.29) is 23.4 Å². The monoisotopic (exact) mass is 342 g/mol. The lowest BCUT2D eigenvalue weighted by Crippen LogP contribution is -2.45. The molecule has 5 nitrogen and oxygen atoms in total. The van der Waals surface area contributed by atoms with Gasteiger partial charge in [0, 0.05) is 18.2 Å². The average Bonchev–Trinajstić information content (AvgIpc) is 2.60. The summed E-state index contributed by atoms with van der Waals surface area (Å²) in [4.78, 5) is 12.4. The van der Waals surface area contributed by atoms with Crippen molar-refractivity contribution in [3.05, 3.63) is 23.8 Å². The molecule has 0 radical (unpaired) electrons. The highest BCUT2D eigenvalue weighted by molar-refractivity contribution is 5.95. The number of methoxy groups -OCH3 is 1. The van der Waals surface area contributed by atoms with Crippen LogP contribution in [0, 0.1) is 5.92 Å². The number of nitrogens with two attached hydrogens (primary N) is 1. The standard InChI is InChI=1S/C17H24F2N2O3/c1-23-15-9-12(7-8-14(15)24-17(18)19)16(22)21-13(10-20)11-5-3-2-4-6-11/h7-9,11,13,17H,2-6,10,20H2,1H3,(H,21,22). The molecule has 0 saturated heterocycles. The molecule has 134 valence electrons. The normalized spacial score (nSPS) is 16.7. The van der Waals surface area contributed by atoms with Crippen molar-refractivity contribution in [1.29, 1.82) is 0 Å². The van der Waals surface area contributed by atoms with Gasteiger partial charge in [-0.05, 0) is 37.0 Å². The van der Waals surface area contributed by atoms with Gasteiger partial charge in [0.05, 0.1) is 7.11 Å². The zero-order valence-electron chi connectivity index (χ0n) is 13.8. The zero-order chi connectivity index (χ0) is 17.5. The van der Waals surface area contributed by atoms with E-state index >= 15 is 0 Å². The maximum absolute atomic E-state index is 12.4. The maximum Gasteiger partial charge on any atom is 0.387 e. The summed E-state index contributed by atoms with van der Waals surface area (Å²) in [5, 5.41) is 2.96. The lowest BCUT2D eigenvalue weighted by Gasteiger charge is -2.30. The Balaban J connectivity index is 2.07. The van der Waals surface area contributed by atoms with Gasteiger partial charge in [-0.25, -0.2) is 0 Å². The molecule has 24 heavy (non-hydrogen) atoms. The smallest absolute Gasteiger partial charge is 0.387 e. The van der Waals surface area contributed by atoms with Crippen molar-refractivity contribution in [1.82, 2.24) is 5.32 Å². The largest absolute Gasteiger partial charge is 0.493 e. The van der Waals surface area contributed by atoms with Crippen LogP contribution in [0.15, 0.2) is 18.2 Å². The molecular formula is C17H24F2N2O3. The number of halogens is 2. The van der Waals surface area contributed by atoms with Crippen LogP contribution >= 0.6 is 0 Å². The molecule has 1 atom stereocenters. The summed E-state index contributed by atoms with van der Waals surface area (Å²) in [5.74, 6) is 0.0746. The maximum atomic E-state index is 12.4. The van der Waals surface area contributed by atoms with E-state index in [1.54, 1.807) is 0 Å². The molecule has 1 aromatic carbocycles. The Morgan fingerprint density at radius 3 is 2.58 bits per heavy atom. The number of hydrogen-bond acceptors (Lipinski definition) is 4. The van der Waals surface area contributed by atoms with Crippen LogP contribution in [0.4, 0.5) is 8.78 Å². The van der Waals surface area contributed by atoms with E-state index in [2.05, 4.69) is 10.1 Å². The molecule has 2 rings (SSSR count). The molecule has 0 aromatic heterocycles. The molecule has 1 unspecified atom stereocenters. The van der Waals surface area contributed by atoms with Crippen LogP contribution in [0.1, 0.15) is 42.5 Å². The number of carbonyl (C=O) groups excluding carboxylic acids is 1. The van der Waals surface area contributed by atoms with Gasteiger partial charge < -0.3 is 20.5 Å². The van der Waals surface area contributed by atoms with Crippen LogP contribution in [0.5, 0.6) is 11.5 Å². The highest BCUT2D eigenvalue weighted by Gasteiger charge is 2.24. The van der Waals surface area contributed by atoms with Gasteiger partial charge in [0.2, 0.25) is 0 Å². The molecule has 0 bridgehead atoms. The molecule has 1 aliphatic rings. The summed E-state index contributed by atoms with van der Waals surface area (Å²) in [7, 11) is 1.33. The summed E-state index contributed by atoms with van der Waals surface area (Å²) in [6, 6.07) is 4.05. The third kappa shape index (κ3) is 4.80. The first-order valence-corrected chi connectivity index (χ1v) is 8.19. The summed E-state index contributed by atoms with van der Waals surface area (Å²) in [6.45, 7) is -2.58. The summed E-state index contributed by atoms with van der Waals surface area (Å²) in [6.07, 6.45) is 5.67. The van der Waals surface area contributed by atoms with Gasteiger partial charge in [-0.2, -0.15) is 8.78 Å². The van der Waals surface area contributed by atoms with Crippen LogP contribution in [0.3, 0.4) is 0 Å². The van der Waals surface area contributed by atoms with Crippen molar-refractivity contribution in [3.63, 3.8) is 0 Å². The number of hydrogen-bond donors (Lipinski definition) is 2. The van der Waals surface area contributed by atoms with Crippen LogP contribution in [0.25, 0.3) is 0 Å². The third-order valence-electron chi connectivity index (χ3n) is 4.43. The van der Waals surface area contributed by atoms with Gasteiger partial charge >= 0.3 is 6.61 Å². The van der Waals surface area contributed by atoms with Crippen molar-refractivity contribution in [2.45, 2.75) is 44.8 Å². The highest BCUT2D eigenvalue weighted by Crippen LogP contribution is 2.30. The SMILES string of the molecule is COc1cc(C(=O)NC(CN)C2CCCCC2)ccc1OC(F)F. The van der Waals surface area contributed by atoms with Gasteiger partial charge in [-0.1, -0.05) is 19.3 Å². The predicted octanol–water partition coefficient (Wildman–Crippen LogP) is 2.93. The molecule has 1 aliphatic carbocycles. The summed E-state index contributed by atoms with van der Waals surface area (Å²) in [5.41, 5.74) is 6.14. The molecule has 1 amide bonds. The van der Waals surface area contributed by atoms with Crippen LogP contribution < -0.4 is 20.5 Å². The van der Waals surface area contributed by atoms with Crippen molar-refractivity contribution < 1.29 is 23.0 Å². The van der Waals surface area contributed by atoms with Crippen molar-refractivity contribution in [2.24, 2.45) is 11.7 Å². The van der Waals surface area contributed by atoms with Crippen molar-refractivity contribution in [3.8, 4) is 11.5 Å². The molecule has 7 heteroatoms. The number of benzene rings is 1. The van der Waals surface area contributed by atoms with Crippen LogP contribution in [0.2, 0.25) is 0 Å². The lowest BCUT2D eigenvalue weighted by atomic mass is 9.84. The predicted molar refractivity (Wildman–Crippen MR) is 86.5 cm³/mol. The molecule has 1 aromatic rings. The fraction of sp³-hybridized carbons (Fsp3) is 0.588. The van der Waals surface area contributed by atoms with Crippen LogP contribution in [-0.4, -0.2) is 32.2 Å². The molecule has 0 heterocycles. The van der Waals surface area contributed by atoms with E-state index in [1.807, 2.05) is 0 Å². The van der Waals surface area contributed by atoms with Gasteiger partial charge in [0.1, 0.15) is 0 Å². The Morgan fingerprint density at radius 1 is 1.29 bits per heavy atom. The van der Waals surface area contributed by atoms with Gasteiger partial charge in [-0.15, -0.1) is 0 Å². The van der Waals surface area contributed by atoms with Gasteiger partial charge in [0.25, 0.3) is 5.91 Å². The van der Waals surface area contributed by atoms with Crippen molar-refractivity contribution >= 4 is 5.91 Å². The molecule has 3 N–H and O–H groups in total. The summed E-state index contributed by atoms with van der Waals surface area (Å²) < 4.78 is 34.1. The van der Waals surface area contributed by atoms with E-state index in [9.17, 15) is 13.6 Å². The summed E-state index contributed by atoms with van der Waals surface area (Å²) >= 11 is 0. The molecule has 1 fully saturated rings. The second-order valence-corrected chi connectivity index (χ2v) is 5.96. The molecule has 0 aliphatic heterocycles. The topological polar surface area (TPSA) is 73.6 Å². The first-order valence-electron chi connectivity index (χ1n) is 8.19. The Labute approximate surface area is 140 Å².